The number of hydrogen-bond donors (Lipinski definition) is 2. The Kier molecular flexibility index (Phi) is 5.03. The molecule has 0 aromatic carbocycles. The van der Waals surface area contributed by atoms with Gasteiger partial charge < -0.3 is 15.4 Å². The van der Waals surface area contributed by atoms with Crippen LogP contribution >= 0.6 is 0 Å². The third-order valence-corrected chi connectivity index (χ3v) is 3.78. The molecule has 4 nitrogen and oxygen atoms in total. The lowest BCUT2D eigenvalue weighted by atomic mass is 9.96. The molecule has 0 spiro atoms. The lowest BCUT2D eigenvalue weighted by Crippen LogP contribution is -2.54. The fraction of sp³-hybridized carbons (Fsp3) is 1.00. The van der Waals surface area contributed by atoms with Gasteiger partial charge in [-0.25, -0.2) is 0 Å². The lowest BCUT2D eigenvalue weighted by molar-refractivity contribution is 0.0590. The summed E-state index contributed by atoms with van der Waals surface area (Å²) in [4.78, 5) is 2.62. The molecule has 16 heavy (non-hydrogen) atoms. The fourth-order valence-corrected chi connectivity index (χ4v) is 2.80. The van der Waals surface area contributed by atoms with E-state index in [0.717, 1.165) is 25.6 Å². The van der Waals surface area contributed by atoms with E-state index in [1.807, 2.05) is 0 Å². The number of rotatable bonds is 4. The molecular weight excluding hydrogens is 202 g/mol. The van der Waals surface area contributed by atoms with Gasteiger partial charge in [-0.3, -0.25) is 4.90 Å². The molecule has 0 bridgehead atoms. The molecule has 0 amide bonds. The van der Waals surface area contributed by atoms with Crippen molar-refractivity contribution < 1.29 is 4.74 Å². The Morgan fingerprint density at radius 2 is 2.00 bits per heavy atom. The number of piperazine rings is 1. The standard InChI is InChI=1S/C12H25N3O/c1-16-10-12-8-14-6-7-15(12)9-11-2-4-13-5-3-11/h11-14H,2-10H2,1H3. The quantitative estimate of drug-likeness (QED) is 0.703. The van der Waals surface area contributed by atoms with Crippen molar-refractivity contribution in [3.05, 3.63) is 0 Å². The van der Waals surface area contributed by atoms with Gasteiger partial charge in [0.1, 0.15) is 0 Å². The van der Waals surface area contributed by atoms with Crippen molar-refractivity contribution in [3.8, 4) is 0 Å². The molecule has 2 aliphatic heterocycles. The number of piperidine rings is 1. The van der Waals surface area contributed by atoms with Gasteiger partial charge in [0.15, 0.2) is 0 Å². The molecule has 94 valence electrons. The molecule has 0 aromatic rings. The Balaban J connectivity index is 1.80. The average molecular weight is 227 g/mol. The molecule has 2 heterocycles. The summed E-state index contributed by atoms with van der Waals surface area (Å²) in [6, 6.07) is 0.577. The number of nitrogens with one attached hydrogen (secondary N) is 2. The summed E-state index contributed by atoms with van der Waals surface area (Å²) in [6.07, 6.45) is 2.67. The largest absolute Gasteiger partial charge is 0.383 e. The molecule has 0 radical (unpaired) electrons. The van der Waals surface area contributed by atoms with Crippen molar-refractivity contribution >= 4 is 0 Å². The lowest BCUT2D eigenvalue weighted by Gasteiger charge is -2.38. The first-order chi connectivity index (χ1) is 7.90. The van der Waals surface area contributed by atoms with Gasteiger partial charge in [-0.2, -0.15) is 0 Å². The van der Waals surface area contributed by atoms with Crippen molar-refractivity contribution in [2.75, 3.05) is 53.0 Å². The van der Waals surface area contributed by atoms with Crippen LogP contribution in [0.2, 0.25) is 0 Å². The van der Waals surface area contributed by atoms with E-state index in [4.69, 9.17) is 4.74 Å². The van der Waals surface area contributed by atoms with E-state index in [1.165, 1.54) is 39.0 Å². The van der Waals surface area contributed by atoms with E-state index in [0.29, 0.717) is 6.04 Å². The fourth-order valence-electron chi connectivity index (χ4n) is 2.80. The maximum Gasteiger partial charge on any atom is 0.0630 e. The Bertz CT molecular complexity index is 193. The summed E-state index contributed by atoms with van der Waals surface area (Å²) >= 11 is 0. The summed E-state index contributed by atoms with van der Waals surface area (Å²) < 4.78 is 5.31. The Morgan fingerprint density at radius 1 is 1.19 bits per heavy atom. The summed E-state index contributed by atoms with van der Waals surface area (Å²) in [5, 5.41) is 6.89. The van der Waals surface area contributed by atoms with Gasteiger partial charge in [-0.1, -0.05) is 0 Å². The van der Waals surface area contributed by atoms with Crippen LogP contribution in [0.3, 0.4) is 0 Å². The van der Waals surface area contributed by atoms with Crippen LogP contribution in [0.4, 0.5) is 0 Å². The highest BCUT2D eigenvalue weighted by atomic mass is 16.5. The van der Waals surface area contributed by atoms with E-state index in [1.54, 1.807) is 7.11 Å². The van der Waals surface area contributed by atoms with Crippen molar-refractivity contribution in [1.82, 2.24) is 15.5 Å². The summed E-state index contributed by atoms with van der Waals surface area (Å²) in [7, 11) is 1.80. The molecule has 4 heteroatoms. The molecule has 2 N–H and O–H groups in total. The van der Waals surface area contributed by atoms with E-state index in [9.17, 15) is 0 Å². The molecule has 2 fully saturated rings. The summed E-state index contributed by atoms with van der Waals surface area (Å²) in [5.74, 6) is 0.888. The first-order valence-electron chi connectivity index (χ1n) is 6.54. The van der Waals surface area contributed by atoms with Crippen molar-refractivity contribution in [1.29, 1.82) is 0 Å². The predicted molar refractivity (Wildman–Crippen MR) is 65.7 cm³/mol. The van der Waals surface area contributed by atoms with Gasteiger partial charge in [0.05, 0.1) is 6.61 Å². The molecule has 0 saturated carbocycles. The van der Waals surface area contributed by atoms with Crippen molar-refractivity contribution in [3.63, 3.8) is 0 Å². The topological polar surface area (TPSA) is 36.5 Å². The van der Waals surface area contributed by atoms with Gasteiger partial charge in [0, 0.05) is 39.3 Å². The minimum absolute atomic E-state index is 0.577. The normalized spacial score (nSPS) is 29.4. The Labute approximate surface area is 98.7 Å². The number of hydrogen-bond acceptors (Lipinski definition) is 4. The zero-order valence-corrected chi connectivity index (χ0v) is 10.4. The van der Waals surface area contributed by atoms with E-state index in [-0.39, 0.29) is 0 Å². The SMILES string of the molecule is COCC1CNCCN1CC1CCNCC1. The molecular formula is C12H25N3O. The maximum absolute atomic E-state index is 5.31. The van der Waals surface area contributed by atoms with Gasteiger partial charge in [-0.15, -0.1) is 0 Å². The number of methoxy groups -OCH3 is 1. The third-order valence-electron chi connectivity index (χ3n) is 3.78. The number of ether oxygens (including phenoxy) is 1. The smallest absolute Gasteiger partial charge is 0.0630 e. The highest BCUT2D eigenvalue weighted by molar-refractivity contribution is 4.82. The maximum atomic E-state index is 5.31. The highest BCUT2D eigenvalue weighted by Gasteiger charge is 2.25. The van der Waals surface area contributed by atoms with Gasteiger partial charge in [0.25, 0.3) is 0 Å². The second-order valence-electron chi connectivity index (χ2n) is 5.00. The first-order valence-corrected chi connectivity index (χ1v) is 6.54. The molecule has 2 aliphatic rings. The van der Waals surface area contributed by atoms with Gasteiger partial charge >= 0.3 is 0 Å². The molecule has 0 aromatic heterocycles. The minimum Gasteiger partial charge on any atom is -0.383 e. The van der Waals surface area contributed by atoms with Gasteiger partial charge in [-0.05, 0) is 31.8 Å². The van der Waals surface area contributed by atoms with Crippen LogP contribution in [0, 0.1) is 5.92 Å². The predicted octanol–water partition coefficient (Wildman–Crippen LogP) is -0.0938. The molecule has 1 unspecified atom stereocenters. The van der Waals surface area contributed by atoms with E-state index >= 15 is 0 Å². The monoisotopic (exact) mass is 227 g/mol. The summed E-state index contributed by atoms with van der Waals surface area (Å²) in [5.41, 5.74) is 0. The second-order valence-corrected chi connectivity index (χ2v) is 5.00. The minimum atomic E-state index is 0.577. The van der Waals surface area contributed by atoms with Gasteiger partial charge in [0.2, 0.25) is 0 Å². The molecule has 0 aliphatic carbocycles. The van der Waals surface area contributed by atoms with Crippen molar-refractivity contribution in [2.24, 2.45) is 5.92 Å². The highest BCUT2D eigenvalue weighted by Crippen LogP contribution is 2.16. The zero-order chi connectivity index (χ0) is 11.2. The zero-order valence-electron chi connectivity index (χ0n) is 10.4. The first kappa shape index (κ1) is 12.3. The van der Waals surface area contributed by atoms with E-state index < -0.39 is 0 Å². The van der Waals surface area contributed by atoms with Crippen molar-refractivity contribution in [2.45, 2.75) is 18.9 Å². The Hall–Kier alpha value is -0.160. The van der Waals surface area contributed by atoms with Crippen LogP contribution < -0.4 is 10.6 Å². The third kappa shape index (κ3) is 3.42. The van der Waals surface area contributed by atoms with Crippen LogP contribution in [0.5, 0.6) is 0 Å². The van der Waals surface area contributed by atoms with Crippen LogP contribution in [-0.2, 0) is 4.74 Å². The summed E-state index contributed by atoms with van der Waals surface area (Å²) in [6.45, 7) is 7.91. The molecule has 1 atom stereocenters. The van der Waals surface area contributed by atoms with Crippen LogP contribution in [0.15, 0.2) is 0 Å². The second kappa shape index (κ2) is 6.55. The Morgan fingerprint density at radius 3 is 2.75 bits per heavy atom. The molecule has 2 saturated heterocycles. The average Bonchev–Trinajstić information content (AvgIpc) is 2.33. The van der Waals surface area contributed by atoms with Crippen LogP contribution in [-0.4, -0.2) is 63.9 Å². The van der Waals surface area contributed by atoms with Crippen LogP contribution in [0.1, 0.15) is 12.8 Å². The van der Waals surface area contributed by atoms with E-state index in [2.05, 4.69) is 15.5 Å². The number of nitrogens with zero attached hydrogens (tertiary/aromatic N) is 1. The molecule has 2 rings (SSSR count). The van der Waals surface area contributed by atoms with Crippen LogP contribution in [0.25, 0.3) is 0 Å².